The summed E-state index contributed by atoms with van der Waals surface area (Å²) in [5.41, 5.74) is 0. The van der Waals surface area contributed by atoms with Crippen molar-refractivity contribution in [1.82, 2.24) is 0 Å². The molecule has 28 valence electrons. The molecule has 0 saturated carbocycles. The predicted molar refractivity (Wildman–Crippen MR) is 6.54 cm³/mol. The van der Waals surface area contributed by atoms with Gasteiger partial charge in [0, 0.05) is 0 Å². The minimum absolute atomic E-state index is 1.10. The van der Waals surface area contributed by atoms with Gasteiger partial charge in [-0.15, -0.1) is 0 Å². The van der Waals surface area contributed by atoms with E-state index in [0.29, 0.717) is 0 Å². The van der Waals surface area contributed by atoms with Crippen molar-refractivity contribution in [1.29, 1.82) is 0 Å². The van der Waals surface area contributed by atoms with E-state index in [1.807, 2.05) is 0 Å². The first-order valence-electron chi connectivity index (χ1n) is 0.287. The molecule has 0 aromatic carbocycles. The molecule has 0 saturated heterocycles. The molecule has 0 radical (unpaired) electrons. The third kappa shape index (κ3) is 10.6. The van der Waals surface area contributed by atoms with E-state index < -0.39 is 0 Å². The number of halogens is 1. The van der Waals surface area contributed by atoms with Crippen LogP contribution in [-0.2, 0) is 36.9 Å². The maximum absolute atomic E-state index is 8.18. The Morgan fingerprint density at radius 3 is 1.50 bits per heavy atom. The Morgan fingerprint density at radius 2 is 1.50 bits per heavy atom. The molecule has 4 heteroatoms. The standard InChI is InChI=1S/ClH.Mn.O.Ru/h1H;;;/q;+1;;/p-1. The van der Waals surface area contributed by atoms with Crippen molar-refractivity contribution in [2.24, 2.45) is 0 Å². The summed E-state index contributed by atoms with van der Waals surface area (Å²) < 4.78 is 8.18. The first-order valence-corrected chi connectivity index (χ1v) is 2.62. The molecule has 0 bridgehead atoms. The van der Waals surface area contributed by atoms with E-state index in [-0.39, 0.29) is 0 Å². The fourth-order valence-electron chi connectivity index (χ4n) is 0. The predicted octanol–water partition coefficient (Wildman–Crippen LogP) is 0.566. The second-order valence-corrected chi connectivity index (χ2v) is 0. The summed E-state index contributed by atoms with van der Waals surface area (Å²) in [4.78, 5) is 0. The molecule has 0 fully saturated rings. The topological polar surface area (TPSA) is 17.1 Å². The fraction of sp³-hybridized carbons (Fsp3) is 0. The SMILES string of the molecule is [Cl][Mn].[O]=[Ru]. The van der Waals surface area contributed by atoms with Crippen LogP contribution in [0.3, 0.4) is 0 Å². The molecule has 4 heavy (non-hydrogen) atoms. The second kappa shape index (κ2) is 29.1. The summed E-state index contributed by atoms with van der Waals surface area (Å²) in [6, 6.07) is 0. The van der Waals surface area contributed by atoms with Crippen LogP contribution in [-0.4, -0.2) is 0 Å². The summed E-state index contributed by atoms with van der Waals surface area (Å²) >= 11 is 3.51. The summed E-state index contributed by atoms with van der Waals surface area (Å²) in [7, 11) is 4.45. The van der Waals surface area contributed by atoms with E-state index in [1.165, 1.54) is 0 Å². The summed E-state index contributed by atoms with van der Waals surface area (Å²) in [5, 5.41) is 0. The monoisotopic (exact) mass is 208 g/mol. The molecule has 0 aliphatic heterocycles. The van der Waals surface area contributed by atoms with Gasteiger partial charge in [0.05, 0.1) is 0 Å². The Hall–Kier alpha value is 1.23. The molecule has 0 aromatic rings. The minimum atomic E-state index is 1.10. The van der Waals surface area contributed by atoms with Crippen LogP contribution in [0.4, 0.5) is 0 Å². The van der Waals surface area contributed by atoms with Crippen LogP contribution in [0.25, 0.3) is 0 Å². The van der Waals surface area contributed by atoms with E-state index in [1.54, 1.807) is 0 Å². The van der Waals surface area contributed by atoms with Crippen LogP contribution in [0.2, 0.25) is 0 Å². The van der Waals surface area contributed by atoms with Gasteiger partial charge in [-0.3, -0.25) is 0 Å². The van der Waals surface area contributed by atoms with Crippen LogP contribution in [0.5, 0.6) is 0 Å². The fourth-order valence-corrected chi connectivity index (χ4v) is 0. The van der Waals surface area contributed by atoms with E-state index in [2.05, 4.69) is 25.2 Å². The second-order valence-electron chi connectivity index (χ2n) is 0. The molecular weight excluding hydrogens is 207 g/mol. The molecule has 0 aromatic heterocycles. The average molecular weight is 207 g/mol. The van der Waals surface area contributed by atoms with Crippen LogP contribution >= 0.6 is 10.1 Å². The summed E-state index contributed by atoms with van der Waals surface area (Å²) in [6.45, 7) is 0. The molecule has 0 aliphatic carbocycles. The van der Waals surface area contributed by atoms with Crippen LogP contribution in [0, 0.1) is 0 Å². The third-order valence-corrected chi connectivity index (χ3v) is 0. The first-order chi connectivity index (χ1) is 2.00. The molecule has 0 aliphatic rings. The quantitative estimate of drug-likeness (QED) is 0.531. The van der Waals surface area contributed by atoms with Crippen molar-refractivity contribution in [3.8, 4) is 0 Å². The Bertz CT molecular complexity index is 8.00. The maximum atomic E-state index is 8.18. The van der Waals surface area contributed by atoms with Gasteiger partial charge >= 0.3 is 47.0 Å². The van der Waals surface area contributed by atoms with Gasteiger partial charge in [-0.05, 0) is 0 Å². The number of hydrogen-bond acceptors (Lipinski definition) is 1. The van der Waals surface area contributed by atoms with Gasteiger partial charge in [-0.1, -0.05) is 0 Å². The van der Waals surface area contributed by atoms with Gasteiger partial charge in [0.25, 0.3) is 0 Å². The molecule has 1 nitrogen and oxygen atoms in total. The van der Waals surface area contributed by atoms with Crippen molar-refractivity contribution in [2.75, 3.05) is 0 Å². The molecule has 0 spiro atoms. The van der Waals surface area contributed by atoms with E-state index in [4.69, 9.17) is 3.57 Å². The van der Waals surface area contributed by atoms with Gasteiger partial charge in [-0.25, -0.2) is 0 Å². The van der Waals surface area contributed by atoms with Crippen molar-refractivity contribution >= 4 is 10.1 Å². The Labute approximate surface area is 47.1 Å². The molecule has 0 heterocycles. The molecule has 0 rings (SSSR count). The zero-order valence-corrected chi connectivity index (χ0v) is 5.19. The van der Waals surface area contributed by atoms with Crippen molar-refractivity contribution < 1.29 is 36.9 Å². The molecule has 0 atom stereocenters. The van der Waals surface area contributed by atoms with Gasteiger partial charge in [0.1, 0.15) is 0 Å². The van der Waals surface area contributed by atoms with Gasteiger partial charge < -0.3 is 0 Å². The van der Waals surface area contributed by atoms with E-state index in [0.717, 1.165) is 18.3 Å². The molecular formula is ClMnORu. The van der Waals surface area contributed by atoms with Crippen molar-refractivity contribution in [3.63, 3.8) is 0 Å². The van der Waals surface area contributed by atoms with Crippen molar-refractivity contribution in [2.45, 2.75) is 0 Å². The van der Waals surface area contributed by atoms with E-state index >= 15 is 0 Å². The number of rotatable bonds is 0. The zero-order valence-electron chi connectivity index (χ0n) is 1.52. The summed E-state index contributed by atoms with van der Waals surface area (Å²) in [6.07, 6.45) is 0. The molecule has 0 N–H and O–H groups in total. The van der Waals surface area contributed by atoms with Gasteiger partial charge in [0.2, 0.25) is 0 Å². The first kappa shape index (κ1) is 8.97. The Balaban J connectivity index is 0. The Kier molecular flexibility index (Phi) is 65.3. The normalized spacial score (nSPS) is 2.75. The van der Waals surface area contributed by atoms with Crippen molar-refractivity contribution in [3.05, 3.63) is 0 Å². The van der Waals surface area contributed by atoms with E-state index in [9.17, 15) is 0 Å². The van der Waals surface area contributed by atoms with Gasteiger partial charge in [0.15, 0.2) is 0 Å². The molecule has 0 amide bonds. The Morgan fingerprint density at radius 1 is 1.50 bits per heavy atom. The van der Waals surface area contributed by atoms with Crippen LogP contribution < -0.4 is 0 Å². The van der Waals surface area contributed by atoms with Crippen LogP contribution in [0.1, 0.15) is 0 Å². The zero-order chi connectivity index (χ0) is 4.00. The van der Waals surface area contributed by atoms with Crippen LogP contribution in [0.15, 0.2) is 0 Å². The third-order valence-electron chi connectivity index (χ3n) is 0. The summed E-state index contributed by atoms with van der Waals surface area (Å²) in [5.74, 6) is 0. The van der Waals surface area contributed by atoms with Gasteiger partial charge in [-0.2, -0.15) is 0 Å². The molecule has 0 unspecified atom stereocenters. The average Bonchev–Trinajstić information content (AvgIpc) is 1.50. The number of hydrogen-bond donors (Lipinski definition) is 0.